The molecule has 26 heavy (non-hydrogen) atoms. The number of aryl methyl sites for hydroxylation is 1. The molecule has 1 aromatic heterocycles. The SMILES string of the molecule is COc1cc(Cl)c(C)cc1NC(=O)c1ccnc(N2CCCCCC2)n1. The minimum atomic E-state index is -0.302. The number of hydrogen-bond acceptors (Lipinski definition) is 5. The van der Waals surface area contributed by atoms with E-state index in [0.29, 0.717) is 28.1 Å². The summed E-state index contributed by atoms with van der Waals surface area (Å²) >= 11 is 6.12. The fourth-order valence-electron chi connectivity index (χ4n) is 3.01. The standard InChI is InChI=1S/C19H23ClN4O2/c1-13-11-16(17(26-2)12-14(13)20)22-18(25)15-7-8-21-19(23-15)24-9-5-3-4-6-10-24/h7-8,11-12H,3-6,9-10H2,1-2H3,(H,22,25). The highest BCUT2D eigenvalue weighted by Gasteiger charge is 2.17. The average molecular weight is 375 g/mol. The molecule has 1 aliphatic rings. The van der Waals surface area contributed by atoms with E-state index in [-0.39, 0.29) is 5.91 Å². The van der Waals surface area contributed by atoms with Crippen molar-refractivity contribution in [2.24, 2.45) is 0 Å². The van der Waals surface area contributed by atoms with Crippen LogP contribution in [0.15, 0.2) is 24.4 Å². The smallest absolute Gasteiger partial charge is 0.274 e. The Morgan fingerprint density at radius 3 is 2.65 bits per heavy atom. The number of nitrogens with zero attached hydrogens (tertiary/aromatic N) is 3. The number of ether oxygens (including phenoxy) is 1. The highest BCUT2D eigenvalue weighted by molar-refractivity contribution is 6.31. The topological polar surface area (TPSA) is 67.3 Å². The van der Waals surface area contributed by atoms with E-state index < -0.39 is 0 Å². The number of aromatic nitrogens is 2. The molecule has 0 atom stereocenters. The maximum Gasteiger partial charge on any atom is 0.274 e. The maximum absolute atomic E-state index is 12.7. The molecule has 1 aromatic carbocycles. The maximum atomic E-state index is 12.7. The highest BCUT2D eigenvalue weighted by Crippen LogP contribution is 2.31. The second-order valence-electron chi connectivity index (χ2n) is 6.40. The molecule has 6 nitrogen and oxygen atoms in total. The first-order valence-corrected chi connectivity index (χ1v) is 9.20. The van der Waals surface area contributed by atoms with Gasteiger partial charge in [0.15, 0.2) is 0 Å². The lowest BCUT2D eigenvalue weighted by molar-refractivity contribution is 0.102. The minimum Gasteiger partial charge on any atom is -0.495 e. The molecule has 3 rings (SSSR count). The van der Waals surface area contributed by atoms with E-state index in [2.05, 4.69) is 20.2 Å². The molecule has 0 radical (unpaired) electrons. The summed E-state index contributed by atoms with van der Waals surface area (Å²) in [6.07, 6.45) is 6.34. The van der Waals surface area contributed by atoms with Crippen molar-refractivity contribution in [3.63, 3.8) is 0 Å². The van der Waals surface area contributed by atoms with Crippen LogP contribution in [0.1, 0.15) is 41.7 Å². The van der Waals surface area contributed by atoms with Crippen LogP contribution >= 0.6 is 11.6 Å². The first kappa shape index (κ1) is 18.5. The number of nitrogens with one attached hydrogen (secondary N) is 1. The lowest BCUT2D eigenvalue weighted by Gasteiger charge is -2.20. The van der Waals surface area contributed by atoms with E-state index in [9.17, 15) is 4.79 Å². The Hall–Kier alpha value is -2.34. The largest absolute Gasteiger partial charge is 0.495 e. The van der Waals surface area contributed by atoms with E-state index in [4.69, 9.17) is 16.3 Å². The van der Waals surface area contributed by atoms with Gasteiger partial charge in [-0.25, -0.2) is 9.97 Å². The summed E-state index contributed by atoms with van der Waals surface area (Å²) in [6, 6.07) is 5.09. The first-order chi connectivity index (χ1) is 12.6. The zero-order valence-corrected chi connectivity index (χ0v) is 15.8. The first-order valence-electron chi connectivity index (χ1n) is 8.82. The number of amides is 1. The Kier molecular flexibility index (Phi) is 5.93. The third-order valence-electron chi connectivity index (χ3n) is 4.49. The summed E-state index contributed by atoms with van der Waals surface area (Å²) in [5, 5.41) is 3.45. The molecule has 2 heterocycles. The van der Waals surface area contributed by atoms with E-state index in [1.54, 1.807) is 31.5 Å². The molecular formula is C19H23ClN4O2. The molecule has 1 amide bonds. The minimum absolute atomic E-state index is 0.302. The molecule has 0 unspecified atom stereocenters. The molecule has 0 spiro atoms. The van der Waals surface area contributed by atoms with Crippen molar-refractivity contribution in [2.45, 2.75) is 32.6 Å². The predicted molar refractivity (Wildman–Crippen MR) is 103 cm³/mol. The van der Waals surface area contributed by atoms with E-state index in [1.165, 1.54) is 12.8 Å². The highest BCUT2D eigenvalue weighted by atomic mass is 35.5. The lowest BCUT2D eigenvalue weighted by atomic mass is 10.2. The Labute approximate surface area is 158 Å². The lowest BCUT2D eigenvalue weighted by Crippen LogP contribution is -2.27. The van der Waals surface area contributed by atoms with Gasteiger partial charge in [0.05, 0.1) is 12.8 Å². The summed E-state index contributed by atoms with van der Waals surface area (Å²) in [7, 11) is 1.54. The van der Waals surface area contributed by atoms with Crippen molar-refractivity contribution in [2.75, 3.05) is 30.4 Å². The summed E-state index contributed by atoms with van der Waals surface area (Å²) in [5.74, 6) is 0.818. The molecule has 1 aliphatic heterocycles. The van der Waals surface area contributed by atoms with E-state index in [1.807, 2.05) is 6.92 Å². The summed E-state index contributed by atoms with van der Waals surface area (Å²) in [5.41, 5.74) is 1.75. The van der Waals surface area contributed by atoms with E-state index >= 15 is 0 Å². The molecule has 0 aliphatic carbocycles. The van der Waals surface area contributed by atoms with Gasteiger partial charge >= 0.3 is 0 Å². The van der Waals surface area contributed by atoms with Gasteiger partial charge in [0, 0.05) is 30.4 Å². The van der Waals surface area contributed by atoms with Crippen molar-refractivity contribution < 1.29 is 9.53 Å². The van der Waals surface area contributed by atoms with Crippen LogP contribution in [0.3, 0.4) is 0 Å². The molecule has 1 N–H and O–H groups in total. The van der Waals surface area contributed by atoms with Crippen LogP contribution in [0.5, 0.6) is 5.75 Å². The van der Waals surface area contributed by atoms with Crippen molar-refractivity contribution >= 4 is 29.1 Å². The van der Waals surface area contributed by atoms with Crippen LogP contribution in [0.25, 0.3) is 0 Å². The third kappa shape index (κ3) is 4.25. The normalized spacial score (nSPS) is 14.7. The second-order valence-corrected chi connectivity index (χ2v) is 6.81. The zero-order valence-electron chi connectivity index (χ0n) is 15.1. The van der Waals surface area contributed by atoms with Crippen LogP contribution in [0, 0.1) is 6.92 Å². The molecule has 1 saturated heterocycles. The third-order valence-corrected chi connectivity index (χ3v) is 4.90. The molecule has 0 bridgehead atoms. The fraction of sp³-hybridized carbons (Fsp3) is 0.421. The van der Waals surface area contributed by atoms with Gasteiger partial charge < -0.3 is 15.0 Å². The van der Waals surface area contributed by atoms with Gasteiger partial charge in [0.1, 0.15) is 11.4 Å². The fourth-order valence-corrected chi connectivity index (χ4v) is 3.17. The van der Waals surface area contributed by atoms with Crippen LogP contribution in [-0.4, -0.2) is 36.1 Å². The molecule has 7 heteroatoms. The monoisotopic (exact) mass is 374 g/mol. The number of benzene rings is 1. The van der Waals surface area contributed by atoms with Gasteiger partial charge in [-0.3, -0.25) is 4.79 Å². The van der Waals surface area contributed by atoms with Gasteiger partial charge in [-0.15, -0.1) is 0 Å². The van der Waals surface area contributed by atoms with Crippen LogP contribution in [0.2, 0.25) is 5.02 Å². The Morgan fingerprint density at radius 1 is 1.23 bits per heavy atom. The number of carbonyl (C=O) groups is 1. The quantitative estimate of drug-likeness (QED) is 0.873. The summed E-state index contributed by atoms with van der Waals surface area (Å²) in [4.78, 5) is 23.6. The number of methoxy groups -OCH3 is 1. The molecule has 2 aromatic rings. The van der Waals surface area contributed by atoms with Gasteiger partial charge in [0.2, 0.25) is 5.95 Å². The van der Waals surface area contributed by atoms with Gasteiger partial charge in [-0.05, 0) is 37.5 Å². The van der Waals surface area contributed by atoms with Gasteiger partial charge in [0.25, 0.3) is 5.91 Å². The number of rotatable bonds is 4. The van der Waals surface area contributed by atoms with Crippen molar-refractivity contribution in [1.29, 1.82) is 0 Å². The molecule has 0 saturated carbocycles. The Balaban J connectivity index is 1.80. The van der Waals surface area contributed by atoms with Gasteiger partial charge in [-0.2, -0.15) is 0 Å². The number of hydrogen-bond donors (Lipinski definition) is 1. The van der Waals surface area contributed by atoms with Crippen molar-refractivity contribution in [3.05, 3.63) is 40.7 Å². The van der Waals surface area contributed by atoms with Crippen molar-refractivity contribution in [1.82, 2.24) is 9.97 Å². The van der Waals surface area contributed by atoms with Crippen LogP contribution in [0.4, 0.5) is 11.6 Å². The molecule has 1 fully saturated rings. The number of anilines is 2. The number of carbonyl (C=O) groups excluding carboxylic acids is 1. The molecular weight excluding hydrogens is 352 g/mol. The number of halogens is 1. The predicted octanol–water partition coefficient (Wildman–Crippen LogP) is 4.08. The van der Waals surface area contributed by atoms with Crippen LogP contribution < -0.4 is 15.0 Å². The second kappa shape index (κ2) is 8.36. The summed E-state index contributed by atoms with van der Waals surface area (Å²) in [6.45, 7) is 3.73. The van der Waals surface area contributed by atoms with Crippen LogP contribution in [-0.2, 0) is 0 Å². The summed E-state index contributed by atoms with van der Waals surface area (Å²) < 4.78 is 5.31. The average Bonchev–Trinajstić information content (AvgIpc) is 2.94. The zero-order chi connectivity index (χ0) is 18.5. The van der Waals surface area contributed by atoms with Crippen molar-refractivity contribution in [3.8, 4) is 5.75 Å². The Morgan fingerprint density at radius 2 is 1.96 bits per heavy atom. The van der Waals surface area contributed by atoms with Gasteiger partial charge in [-0.1, -0.05) is 24.4 Å². The Bertz CT molecular complexity index is 789. The molecule has 138 valence electrons. The van der Waals surface area contributed by atoms with E-state index in [0.717, 1.165) is 31.5 Å².